The minimum atomic E-state index is 0.0503. The number of benzene rings is 2. The minimum Gasteiger partial charge on any atom is -0.507 e. The molecule has 3 heteroatoms. The molecule has 0 aliphatic heterocycles. The summed E-state index contributed by atoms with van der Waals surface area (Å²) in [5.74, 6) is 1.70. The first-order chi connectivity index (χ1) is 11.2. The molecule has 0 spiro atoms. The molecule has 1 saturated carbocycles. The fourth-order valence-electron chi connectivity index (χ4n) is 2.39. The molecule has 0 radical (unpaired) electrons. The number of phenols is 1. The Morgan fingerprint density at radius 2 is 1.83 bits per heavy atom. The van der Waals surface area contributed by atoms with Crippen LogP contribution in [0.3, 0.4) is 0 Å². The highest BCUT2D eigenvalue weighted by molar-refractivity contribution is 5.83. The highest BCUT2D eigenvalue weighted by Gasteiger charge is 2.21. The number of aldehydes is 1. The van der Waals surface area contributed by atoms with Crippen molar-refractivity contribution >= 4 is 18.4 Å². The highest BCUT2D eigenvalue weighted by atomic mass is 16.5. The molecule has 2 aromatic rings. The highest BCUT2D eigenvalue weighted by Crippen LogP contribution is 2.29. The van der Waals surface area contributed by atoms with Crippen LogP contribution in [-0.4, -0.2) is 18.0 Å². The predicted molar refractivity (Wildman–Crippen MR) is 91.8 cm³/mol. The Balaban J connectivity index is 1.69. The zero-order valence-electron chi connectivity index (χ0n) is 13.2. The number of carbonyl (C=O) groups is 1. The van der Waals surface area contributed by atoms with E-state index in [0.717, 1.165) is 29.4 Å². The van der Waals surface area contributed by atoms with Gasteiger partial charge in [-0.3, -0.25) is 4.79 Å². The van der Waals surface area contributed by atoms with Crippen molar-refractivity contribution in [2.24, 2.45) is 5.92 Å². The van der Waals surface area contributed by atoms with Crippen LogP contribution in [0.1, 0.15) is 39.9 Å². The van der Waals surface area contributed by atoms with E-state index in [0.29, 0.717) is 17.4 Å². The van der Waals surface area contributed by atoms with Crippen LogP contribution in [0.15, 0.2) is 36.4 Å². The second-order valence-electron chi connectivity index (χ2n) is 6.05. The van der Waals surface area contributed by atoms with Crippen LogP contribution in [0.25, 0.3) is 12.2 Å². The Labute approximate surface area is 136 Å². The topological polar surface area (TPSA) is 46.5 Å². The fourth-order valence-corrected chi connectivity index (χ4v) is 2.39. The van der Waals surface area contributed by atoms with E-state index >= 15 is 0 Å². The molecule has 0 saturated heterocycles. The van der Waals surface area contributed by atoms with E-state index < -0.39 is 0 Å². The maximum absolute atomic E-state index is 11.0. The maximum atomic E-state index is 11.0. The Hall–Kier alpha value is -2.55. The van der Waals surface area contributed by atoms with E-state index in [1.807, 2.05) is 42.5 Å². The van der Waals surface area contributed by atoms with Gasteiger partial charge in [0.1, 0.15) is 11.5 Å². The first kappa shape index (κ1) is 15.3. The zero-order chi connectivity index (χ0) is 16.2. The standard InChI is InChI=1S/C20H20O3/c1-14-10-17(11-18(12-21)20(14)22)5-2-15-6-8-19(9-7-15)23-13-16-3-4-16/h2,5-12,16,22H,3-4,13H2,1H3/b5-2+. The Kier molecular flexibility index (Phi) is 4.47. The third-order valence-electron chi connectivity index (χ3n) is 4.01. The molecule has 2 aromatic carbocycles. The lowest BCUT2D eigenvalue weighted by Crippen LogP contribution is -1.98. The molecule has 1 aliphatic carbocycles. The van der Waals surface area contributed by atoms with Crippen molar-refractivity contribution in [3.8, 4) is 11.5 Å². The minimum absolute atomic E-state index is 0.0503. The van der Waals surface area contributed by atoms with E-state index in [1.165, 1.54) is 12.8 Å². The van der Waals surface area contributed by atoms with Crippen LogP contribution in [0.5, 0.6) is 11.5 Å². The second kappa shape index (κ2) is 6.69. The lowest BCUT2D eigenvalue weighted by molar-refractivity contribution is 0.112. The van der Waals surface area contributed by atoms with Gasteiger partial charge in [-0.05, 0) is 66.6 Å². The number of aromatic hydroxyl groups is 1. The summed E-state index contributed by atoms with van der Waals surface area (Å²) < 4.78 is 5.72. The monoisotopic (exact) mass is 308 g/mol. The molecule has 118 valence electrons. The van der Waals surface area contributed by atoms with E-state index in [9.17, 15) is 9.90 Å². The molecular weight excluding hydrogens is 288 g/mol. The van der Waals surface area contributed by atoms with Gasteiger partial charge < -0.3 is 9.84 Å². The van der Waals surface area contributed by atoms with E-state index in [4.69, 9.17) is 4.74 Å². The summed E-state index contributed by atoms with van der Waals surface area (Å²) in [6.07, 6.45) is 7.15. The summed E-state index contributed by atoms with van der Waals surface area (Å²) in [5, 5.41) is 9.76. The lowest BCUT2D eigenvalue weighted by atomic mass is 10.0. The van der Waals surface area contributed by atoms with Gasteiger partial charge in [-0.25, -0.2) is 0 Å². The van der Waals surface area contributed by atoms with Crippen LogP contribution in [-0.2, 0) is 0 Å². The van der Waals surface area contributed by atoms with Gasteiger partial charge in [-0.1, -0.05) is 24.3 Å². The van der Waals surface area contributed by atoms with Gasteiger partial charge in [0, 0.05) is 0 Å². The van der Waals surface area contributed by atoms with Crippen molar-refractivity contribution in [1.82, 2.24) is 0 Å². The van der Waals surface area contributed by atoms with Crippen LogP contribution in [0.2, 0.25) is 0 Å². The van der Waals surface area contributed by atoms with Crippen molar-refractivity contribution in [3.05, 3.63) is 58.7 Å². The summed E-state index contributed by atoms with van der Waals surface area (Å²) >= 11 is 0. The molecule has 0 unspecified atom stereocenters. The van der Waals surface area contributed by atoms with Gasteiger partial charge >= 0.3 is 0 Å². The number of ether oxygens (including phenoxy) is 1. The number of hydrogen-bond donors (Lipinski definition) is 1. The number of aryl methyl sites for hydroxylation is 1. The Bertz CT molecular complexity index is 725. The summed E-state index contributed by atoms with van der Waals surface area (Å²) in [4.78, 5) is 11.0. The molecule has 0 atom stereocenters. The molecule has 3 nitrogen and oxygen atoms in total. The zero-order valence-corrected chi connectivity index (χ0v) is 13.2. The first-order valence-electron chi connectivity index (χ1n) is 7.85. The Morgan fingerprint density at radius 3 is 2.48 bits per heavy atom. The number of rotatable bonds is 6. The van der Waals surface area contributed by atoms with Crippen molar-refractivity contribution < 1.29 is 14.6 Å². The molecule has 1 fully saturated rings. The van der Waals surface area contributed by atoms with Crippen molar-refractivity contribution in [1.29, 1.82) is 0 Å². The van der Waals surface area contributed by atoms with E-state index in [1.54, 1.807) is 13.0 Å². The van der Waals surface area contributed by atoms with Gasteiger partial charge in [0.15, 0.2) is 6.29 Å². The number of hydrogen-bond acceptors (Lipinski definition) is 3. The largest absolute Gasteiger partial charge is 0.507 e. The van der Waals surface area contributed by atoms with E-state index in [2.05, 4.69) is 0 Å². The summed E-state index contributed by atoms with van der Waals surface area (Å²) in [5.41, 5.74) is 2.95. The summed E-state index contributed by atoms with van der Waals surface area (Å²) in [6, 6.07) is 11.5. The third kappa shape index (κ3) is 4.01. The fraction of sp³-hybridized carbons (Fsp3) is 0.250. The van der Waals surface area contributed by atoms with Crippen molar-refractivity contribution in [2.45, 2.75) is 19.8 Å². The number of phenolic OH excluding ortho intramolecular Hbond substituents is 1. The van der Waals surface area contributed by atoms with Gasteiger partial charge in [-0.2, -0.15) is 0 Å². The molecule has 1 N–H and O–H groups in total. The van der Waals surface area contributed by atoms with Crippen LogP contribution in [0.4, 0.5) is 0 Å². The lowest BCUT2D eigenvalue weighted by Gasteiger charge is -2.05. The van der Waals surface area contributed by atoms with Crippen LogP contribution in [0, 0.1) is 12.8 Å². The molecule has 0 bridgehead atoms. The molecule has 23 heavy (non-hydrogen) atoms. The SMILES string of the molecule is Cc1cc(/C=C/c2ccc(OCC3CC3)cc2)cc(C=O)c1O. The predicted octanol–water partition coefficient (Wildman–Crippen LogP) is 4.47. The average Bonchev–Trinajstić information content (AvgIpc) is 3.39. The molecule has 3 rings (SSSR count). The molecule has 0 amide bonds. The molecule has 0 heterocycles. The molecule has 0 aromatic heterocycles. The first-order valence-corrected chi connectivity index (χ1v) is 7.85. The Morgan fingerprint density at radius 1 is 1.13 bits per heavy atom. The van der Waals surface area contributed by atoms with Crippen LogP contribution >= 0.6 is 0 Å². The maximum Gasteiger partial charge on any atom is 0.153 e. The molecular formula is C20H20O3. The second-order valence-corrected chi connectivity index (χ2v) is 6.05. The quantitative estimate of drug-likeness (QED) is 0.632. The summed E-state index contributed by atoms with van der Waals surface area (Å²) in [6.45, 7) is 2.60. The average molecular weight is 308 g/mol. The van der Waals surface area contributed by atoms with Gasteiger partial charge in [-0.15, -0.1) is 0 Å². The van der Waals surface area contributed by atoms with E-state index in [-0.39, 0.29) is 5.75 Å². The summed E-state index contributed by atoms with van der Waals surface area (Å²) in [7, 11) is 0. The third-order valence-corrected chi connectivity index (χ3v) is 4.01. The smallest absolute Gasteiger partial charge is 0.153 e. The van der Waals surface area contributed by atoms with Crippen molar-refractivity contribution in [2.75, 3.05) is 6.61 Å². The number of carbonyl (C=O) groups excluding carboxylic acids is 1. The van der Waals surface area contributed by atoms with Gasteiger partial charge in [0.05, 0.1) is 12.2 Å². The van der Waals surface area contributed by atoms with Gasteiger partial charge in [0.2, 0.25) is 0 Å². The van der Waals surface area contributed by atoms with Crippen molar-refractivity contribution in [3.63, 3.8) is 0 Å². The normalized spacial score (nSPS) is 14.1. The van der Waals surface area contributed by atoms with Crippen LogP contribution < -0.4 is 4.74 Å². The van der Waals surface area contributed by atoms with Gasteiger partial charge in [0.25, 0.3) is 0 Å². The molecule has 1 aliphatic rings.